The van der Waals surface area contributed by atoms with Gasteiger partial charge in [-0.3, -0.25) is 9.59 Å². The Labute approximate surface area is 158 Å². The molecule has 7 heteroatoms. The van der Waals surface area contributed by atoms with Crippen LogP contribution in [0.3, 0.4) is 0 Å². The van der Waals surface area contributed by atoms with Gasteiger partial charge in [-0.25, -0.2) is 4.79 Å². The average Bonchev–Trinajstić information content (AvgIpc) is 2.67. The minimum atomic E-state index is -1.06. The number of morpholine rings is 1. The predicted molar refractivity (Wildman–Crippen MR) is 98.2 cm³/mol. The van der Waals surface area contributed by atoms with Gasteiger partial charge in [0.05, 0.1) is 18.1 Å². The summed E-state index contributed by atoms with van der Waals surface area (Å²) in [5, 5.41) is 9.26. The zero-order chi connectivity index (χ0) is 19.6. The molecule has 0 aromatic heterocycles. The van der Waals surface area contributed by atoms with Crippen LogP contribution in [0.5, 0.6) is 0 Å². The minimum absolute atomic E-state index is 0.0424. The van der Waals surface area contributed by atoms with E-state index in [1.807, 2.05) is 25.1 Å². The number of carboxylic acids is 1. The molecular weight excluding hydrogens is 348 g/mol. The number of aliphatic carboxylic acids is 1. The highest BCUT2D eigenvalue weighted by Crippen LogP contribution is 2.33. The summed E-state index contributed by atoms with van der Waals surface area (Å²) in [5.74, 6) is -1.24. The molecule has 0 spiro atoms. The number of amides is 2. The van der Waals surface area contributed by atoms with Crippen LogP contribution in [0.15, 0.2) is 30.3 Å². The lowest BCUT2D eigenvalue weighted by Crippen LogP contribution is -2.58. The van der Waals surface area contributed by atoms with Crippen LogP contribution in [0.4, 0.5) is 0 Å². The van der Waals surface area contributed by atoms with Crippen LogP contribution in [-0.2, 0) is 14.3 Å². The highest BCUT2D eigenvalue weighted by Gasteiger charge is 2.44. The van der Waals surface area contributed by atoms with Gasteiger partial charge < -0.3 is 19.6 Å². The summed E-state index contributed by atoms with van der Waals surface area (Å²) in [6.07, 6.45) is 0.0710. The lowest BCUT2D eigenvalue weighted by Gasteiger charge is -2.44. The Morgan fingerprint density at radius 2 is 1.85 bits per heavy atom. The first-order valence-corrected chi connectivity index (χ1v) is 9.32. The van der Waals surface area contributed by atoms with E-state index in [1.165, 1.54) is 0 Å². The van der Waals surface area contributed by atoms with Gasteiger partial charge in [0.25, 0.3) is 5.91 Å². The van der Waals surface area contributed by atoms with Crippen LogP contribution in [0.1, 0.15) is 37.0 Å². The van der Waals surface area contributed by atoms with Crippen molar-refractivity contribution in [3.05, 3.63) is 35.9 Å². The molecule has 3 rings (SSSR count). The Kier molecular flexibility index (Phi) is 5.51. The van der Waals surface area contributed by atoms with Gasteiger partial charge in [0.15, 0.2) is 6.10 Å². The smallest absolute Gasteiger partial charge is 0.334 e. The van der Waals surface area contributed by atoms with Crippen molar-refractivity contribution in [3.8, 4) is 0 Å². The number of hydrogen-bond donors (Lipinski definition) is 1. The topological polar surface area (TPSA) is 87.2 Å². The van der Waals surface area contributed by atoms with Crippen molar-refractivity contribution in [1.29, 1.82) is 0 Å². The van der Waals surface area contributed by atoms with E-state index in [2.05, 4.69) is 0 Å². The number of rotatable bonds is 3. The lowest BCUT2D eigenvalue weighted by atomic mass is 9.80. The van der Waals surface area contributed by atoms with Crippen LogP contribution in [0.2, 0.25) is 0 Å². The molecule has 2 unspecified atom stereocenters. The summed E-state index contributed by atoms with van der Waals surface area (Å²) in [7, 11) is 0. The fraction of sp³-hybridized carbons (Fsp3) is 0.550. The molecule has 2 aliphatic heterocycles. The molecule has 0 aliphatic carbocycles. The molecule has 3 atom stereocenters. The number of hydrogen-bond acceptors (Lipinski definition) is 4. The van der Waals surface area contributed by atoms with Gasteiger partial charge in [0.2, 0.25) is 5.91 Å². The quantitative estimate of drug-likeness (QED) is 0.869. The first kappa shape index (κ1) is 19.4. The summed E-state index contributed by atoms with van der Waals surface area (Å²) < 4.78 is 5.41. The van der Waals surface area contributed by atoms with Gasteiger partial charge in [0, 0.05) is 25.2 Å². The second-order valence-corrected chi connectivity index (χ2v) is 7.74. The van der Waals surface area contributed by atoms with Crippen LogP contribution in [0, 0.1) is 5.41 Å². The Hall–Kier alpha value is -2.41. The van der Waals surface area contributed by atoms with E-state index in [9.17, 15) is 19.5 Å². The number of benzene rings is 1. The SMILES string of the molecule is C[C@@H]1CN(C(=O)C2(C)CCCN(C(=O)c3ccccc3)C2)CC(C(=O)O)O1. The van der Waals surface area contributed by atoms with Gasteiger partial charge in [-0.2, -0.15) is 0 Å². The molecular formula is C20H26N2O5. The predicted octanol–water partition coefficient (Wildman–Crippen LogP) is 1.63. The number of carbonyl (C=O) groups excluding carboxylic acids is 2. The Morgan fingerprint density at radius 1 is 1.15 bits per heavy atom. The summed E-state index contributed by atoms with van der Waals surface area (Å²) in [6.45, 7) is 5.00. The van der Waals surface area contributed by atoms with Gasteiger partial charge in [-0.15, -0.1) is 0 Å². The second-order valence-electron chi connectivity index (χ2n) is 7.74. The molecule has 27 heavy (non-hydrogen) atoms. The molecule has 2 aliphatic rings. The third-order valence-electron chi connectivity index (χ3n) is 5.34. The molecule has 7 nitrogen and oxygen atoms in total. The van der Waals surface area contributed by atoms with E-state index < -0.39 is 17.5 Å². The monoisotopic (exact) mass is 374 g/mol. The van der Waals surface area contributed by atoms with Gasteiger partial charge in [-0.1, -0.05) is 18.2 Å². The maximum atomic E-state index is 13.2. The van der Waals surface area contributed by atoms with Crippen LogP contribution < -0.4 is 0 Å². The van der Waals surface area contributed by atoms with E-state index in [4.69, 9.17) is 4.74 Å². The molecule has 2 fully saturated rings. The third kappa shape index (κ3) is 4.13. The number of carboxylic acid groups (broad SMARTS) is 1. The molecule has 0 radical (unpaired) electrons. The highest BCUT2D eigenvalue weighted by atomic mass is 16.5. The minimum Gasteiger partial charge on any atom is -0.479 e. The van der Waals surface area contributed by atoms with E-state index in [1.54, 1.807) is 28.9 Å². The first-order valence-electron chi connectivity index (χ1n) is 9.32. The molecule has 2 heterocycles. The molecule has 1 aromatic carbocycles. The Balaban J connectivity index is 1.73. The fourth-order valence-corrected chi connectivity index (χ4v) is 3.99. The molecule has 0 saturated carbocycles. The Bertz CT molecular complexity index is 722. The normalized spacial score (nSPS) is 28.7. The molecule has 1 aromatic rings. The summed E-state index contributed by atoms with van der Waals surface area (Å²) in [5.41, 5.74) is -0.108. The van der Waals surface area contributed by atoms with Crippen molar-refractivity contribution in [3.63, 3.8) is 0 Å². The number of nitrogens with zero attached hydrogens (tertiary/aromatic N) is 2. The van der Waals surface area contributed by atoms with E-state index in [-0.39, 0.29) is 24.5 Å². The first-order chi connectivity index (χ1) is 12.8. The van der Waals surface area contributed by atoms with Crippen molar-refractivity contribution in [2.45, 2.75) is 38.9 Å². The molecule has 146 valence electrons. The van der Waals surface area contributed by atoms with E-state index in [0.717, 1.165) is 6.42 Å². The summed E-state index contributed by atoms with van der Waals surface area (Å²) >= 11 is 0. The second kappa shape index (κ2) is 7.68. The molecule has 1 N–H and O–H groups in total. The zero-order valence-corrected chi connectivity index (χ0v) is 15.8. The number of piperidine rings is 1. The highest BCUT2D eigenvalue weighted by molar-refractivity contribution is 5.95. The number of carbonyl (C=O) groups is 3. The van der Waals surface area contributed by atoms with Crippen LogP contribution in [-0.4, -0.2) is 71.1 Å². The molecule has 0 bridgehead atoms. The van der Waals surface area contributed by atoms with Crippen molar-refractivity contribution in [1.82, 2.24) is 9.80 Å². The van der Waals surface area contributed by atoms with Crippen molar-refractivity contribution >= 4 is 17.8 Å². The third-order valence-corrected chi connectivity index (χ3v) is 5.34. The van der Waals surface area contributed by atoms with Crippen molar-refractivity contribution in [2.75, 3.05) is 26.2 Å². The number of likely N-dealkylation sites (tertiary alicyclic amines) is 1. The maximum absolute atomic E-state index is 13.2. The Morgan fingerprint density at radius 3 is 2.52 bits per heavy atom. The van der Waals surface area contributed by atoms with Crippen molar-refractivity contribution in [2.24, 2.45) is 5.41 Å². The zero-order valence-electron chi connectivity index (χ0n) is 15.8. The fourth-order valence-electron chi connectivity index (χ4n) is 3.99. The van der Waals surface area contributed by atoms with Gasteiger partial charge in [0.1, 0.15) is 0 Å². The lowest BCUT2D eigenvalue weighted by molar-refractivity contribution is -0.170. The average molecular weight is 374 g/mol. The van der Waals surface area contributed by atoms with Gasteiger partial charge in [-0.05, 0) is 38.8 Å². The maximum Gasteiger partial charge on any atom is 0.334 e. The van der Waals surface area contributed by atoms with Gasteiger partial charge >= 0.3 is 5.97 Å². The largest absolute Gasteiger partial charge is 0.479 e. The molecule has 2 saturated heterocycles. The van der Waals surface area contributed by atoms with E-state index in [0.29, 0.717) is 31.6 Å². The summed E-state index contributed by atoms with van der Waals surface area (Å²) in [6, 6.07) is 9.05. The van der Waals surface area contributed by atoms with E-state index >= 15 is 0 Å². The summed E-state index contributed by atoms with van der Waals surface area (Å²) in [4.78, 5) is 40.6. The standard InChI is InChI=1S/C20H26N2O5/c1-14-11-22(12-16(27-14)18(24)25)19(26)20(2)9-6-10-21(13-20)17(23)15-7-4-3-5-8-15/h3-5,7-8,14,16H,6,9-13H2,1-2H3,(H,24,25)/t14-,16?,20?/m1/s1. The van der Waals surface area contributed by atoms with Crippen LogP contribution in [0.25, 0.3) is 0 Å². The molecule has 2 amide bonds. The van der Waals surface area contributed by atoms with Crippen LogP contribution >= 0.6 is 0 Å². The van der Waals surface area contributed by atoms with Crippen molar-refractivity contribution < 1.29 is 24.2 Å². The number of ether oxygens (including phenoxy) is 1.